The predicted octanol–water partition coefficient (Wildman–Crippen LogP) is 5.62. The van der Waals surface area contributed by atoms with Gasteiger partial charge in [-0.3, -0.25) is 9.78 Å². The van der Waals surface area contributed by atoms with Gasteiger partial charge in [-0.15, -0.1) is 0 Å². The van der Waals surface area contributed by atoms with Crippen molar-refractivity contribution in [2.24, 2.45) is 5.92 Å². The van der Waals surface area contributed by atoms with Crippen LogP contribution in [-0.2, 0) is 19.4 Å². The van der Waals surface area contributed by atoms with Gasteiger partial charge in [0.05, 0.1) is 40.5 Å². The van der Waals surface area contributed by atoms with Crippen LogP contribution in [0.5, 0.6) is 0 Å². The van der Waals surface area contributed by atoms with Crippen LogP contribution in [0.1, 0.15) is 43.0 Å². The Morgan fingerprint density at radius 2 is 1.79 bits per heavy atom. The maximum Gasteiger partial charge on any atom is 0.413 e. The van der Waals surface area contributed by atoms with Gasteiger partial charge in [-0.1, -0.05) is 23.7 Å². The van der Waals surface area contributed by atoms with E-state index in [4.69, 9.17) is 16.3 Å². The number of aromatic nitrogens is 2. The molecule has 8 nitrogen and oxygen atoms in total. The highest BCUT2D eigenvalue weighted by molar-refractivity contribution is 7.91. The van der Waals surface area contributed by atoms with E-state index in [1.165, 1.54) is 24.3 Å². The number of pyridine rings is 2. The van der Waals surface area contributed by atoms with Crippen molar-refractivity contribution >= 4 is 49.8 Å². The number of halogens is 4. The number of anilines is 2. The molecule has 0 saturated carbocycles. The quantitative estimate of drug-likeness (QED) is 0.360. The minimum Gasteiger partial charge on any atom is -0.377 e. The average Bonchev–Trinajstić information content (AvgIpc) is 2.88. The molecule has 1 N–H and O–H groups in total. The molecule has 4 rings (SSSR count). The van der Waals surface area contributed by atoms with Crippen LogP contribution in [0.15, 0.2) is 42.6 Å². The van der Waals surface area contributed by atoms with Crippen molar-refractivity contribution < 1.29 is 31.1 Å². The molecule has 1 fully saturated rings. The normalized spacial score (nSPS) is 17.5. The molecule has 1 aromatic carbocycles. The van der Waals surface area contributed by atoms with Gasteiger partial charge in [-0.05, 0) is 49.6 Å². The second-order valence-electron chi connectivity index (χ2n) is 9.53. The van der Waals surface area contributed by atoms with Crippen molar-refractivity contribution in [2.45, 2.75) is 38.1 Å². The second kappa shape index (κ2) is 11.3. The Labute approximate surface area is 229 Å². The Morgan fingerprint density at radius 1 is 1.15 bits per heavy atom. The number of hydrogen-bond donors (Lipinski definition) is 1. The molecule has 210 valence electrons. The third-order valence-electron chi connectivity index (χ3n) is 6.93. The van der Waals surface area contributed by atoms with Gasteiger partial charge < -0.3 is 15.0 Å². The van der Waals surface area contributed by atoms with E-state index >= 15 is 0 Å². The van der Waals surface area contributed by atoms with E-state index in [-0.39, 0.29) is 35.1 Å². The zero-order valence-electron chi connectivity index (χ0n) is 21.5. The maximum absolute atomic E-state index is 14.2. The summed E-state index contributed by atoms with van der Waals surface area (Å²) in [4.78, 5) is 22.4. The van der Waals surface area contributed by atoms with Crippen LogP contribution in [0.2, 0.25) is 5.15 Å². The Morgan fingerprint density at radius 3 is 2.38 bits per heavy atom. The lowest BCUT2D eigenvalue weighted by molar-refractivity contribution is -0.190. The summed E-state index contributed by atoms with van der Waals surface area (Å²) in [5.74, 6) is -1.90. The average molecular weight is 585 g/mol. The number of benzene rings is 1. The number of carbonyl (C=O) groups is 1. The summed E-state index contributed by atoms with van der Waals surface area (Å²) in [7, 11) is -0.607. The zero-order chi connectivity index (χ0) is 28.5. The minimum absolute atomic E-state index is 0.0149. The highest BCUT2D eigenvalue weighted by Gasteiger charge is 2.46. The third kappa shape index (κ3) is 6.44. The summed E-state index contributed by atoms with van der Waals surface area (Å²) < 4.78 is 71.4. The van der Waals surface area contributed by atoms with Crippen molar-refractivity contribution in [3.8, 4) is 0 Å². The standard InChI is InChI=1S/C26H28ClF3N4O4S/c1-15(38-3)22-20(14-31-19-8-9-21(27)33-23(19)22)32-18-6-4-16(5-7-18)24(26(28,29)30)34(2)25(35)17-10-12-39(36,37)13-11-17/h4-9,14-15,17,24,32H,10-13H2,1-3H3/t15-,24+/m1/s1. The molecule has 2 atom stereocenters. The van der Waals surface area contributed by atoms with Gasteiger partial charge in [-0.2, -0.15) is 13.2 Å². The molecular formula is C26H28ClF3N4O4S. The number of ether oxygens (including phenoxy) is 1. The van der Waals surface area contributed by atoms with Gasteiger partial charge in [0, 0.05) is 31.3 Å². The Hall–Kier alpha value is -2.96. The van der Waals surface area contributed by atoms with E-state index in [0.717, 1.165) is 7.05 Å². The molecule has 0 radical (unpaired) electrons. The number of carbonyl (C=O) groups excluding carboxylic acids is 1. The molecule has 0 aliphatic carbocycles. The van der Waals surface area contributed by atoms with Gasteiger partial charge in [0.15, 0.2) is 6.04 Å². The molecule has 1 aliphatic rings. The maximum atomic E-state index is 14.2. The number of fused-ring (bicyclic) bond motifs is 1. The molecule has 3 heterocycles. The molecule has 0 bridgehead atoms. The first-order valence-corrected chi connectivity index (χ1v) is 14.4. The van der Waals surface area contributed by atoms with Gasteiger partial charge in [0.2, 0.25) is 5.91 Å². The fraction of sp³-hybridized carbons (Fsp3) is 0.423. The van der Waals surface area contributed by atoms with Crippen LogP contribution in [-0.4, -0.2) is 61.0 Å². The summed E-state index contributed by atoms with van der Waals surface area (Å²) in [6, 6.07) is 6.75. The minimum atomic E-state index is -4.74. The molecule has 0 spiro atoms. The number of nitrogens with one attached hydrogen (secondary N) is 1. The fourth-order valence-electron chi connectivity index (χ4n) is 4.78. The highest BCUT2D eigenvalue weighted by Crippen LogP contribution is 2.39. The number of alkyl halides is 3. The molecule has 2 aromatic heterocycles. The van der Waals surface area contributed by atoms with Gasteiger partial charge in [-0.25, -0.2) is 13.4 Å². The summed E-state index contributed by atoms with van der Waals surface area (Å²) in [5, 5.41) is 3.45. The monoisotopic (exact) mass is 584 g/mol. The van der Waals surface area contributed by atoms with Crippen LogP contribution < -0.4 is 5.32 Å². The lowest BCUT2D eigenvalue weighted by atomic mass is 9.98. The molecule has 1 saturated heterocycles. The Bertz CT molecular complexity index is 1450. The number of rotatable bonds is 7. The molecule has 3 aromatic rings. The van der Waals surface area contributed by atoms with Gasteiger partial charge in [0.25, 0.3) is 0 Å². The summed E-state index contributed by atoms with van der Waals surface area (Å²) >= 11 is 6.10. The van der Waals surface area contributed by atoms with Crippen molar-refractivity contribution in [3.05, 3.63) is 58.9 Å². The molecule has 1 aliphatic heterocycles. The van der Waals surface area contributed by atoms with Crippen LogP contribution >= 0.6 is 11.6 Å². The summed E-state index contributed by atoms with van der Waals surface area (Å²) in [6.45, 7) is 1.83. The first-order valence-electron chi connectivity index (χ1n) is 12.2. The number of amides is 1. The molecule has 0 unspecified atom stereocenters. The smallest absolute Gasteiger partial charge is 0.377 e. The molecule has 1 amide bonds. The van der Waals surface area contributed by atoms with Crippen molar-refractivity contribution in [3.63, 3.8) is 0 Å². The van der Waals surface area contributed by atoms with E-state index in [0.29, 0.717) is 32.9 Å². The SMILES string of the molecule is CO[C@H](C)c1c(Nc2ccc([C@H](N(C)C(=O)C3CCS(=O)(=O)CC3)C(F)(F)F)cc2)cnc2ccc(Cl)nc12. The number of hydrogen-bond acceptors (Lipinski definition) is 7. The van der Waals surface area contributed by atoms with E-state index in [9.17, 15) is 26.4 Å². The lowest BCUT2D eigenvalue weighted by Crippen LogP contribution is -2.44. The number of nitrogens with zero attached hydrogens (tertiary/aromatic N) is 3. The first kappa shape index (κ1) is 29.0. The third-order valence-corrected chi connectivity index (χ3v) is 8.86. The van der Waals surface area contributed by atoms with Gasteiger partial charge >= 0.3 is 6.18 Å². The van der Waals surface area contributed by atoms with E-state index in [2.05, 4.69) is 15.3 Å². The van der Waals surface area contributed by atoms with Crippen molar-refractivity contribution in [2.75, 3.05) is 31.0 Å². The predicted molar refractivity (Wildman–Crippen MR) is 143 cm³/mol. The summed E-state index contributed by atoms with van der Waals surface area (Å²) in [6.07, 6.45) is -3.52. The lowest BCUT2D eigenvalue weighted by Gasteiger charge is -2.34. The van der Waals surface area contributed by atoms with Gasteiger partial charge in [0.1, 0.15) is 15.0 Å². The molecular weight excluding hydrogens is 557 g/mol. The van der Waals surface area contributed by atoms with Crippen LogP contribution in [0.25, 0.3) is 11.0 Å². The van der Waals surface area contributed by atoms with E-state index < -0.39 is 40.0 Å². The number of sulfone groups is 1. The van der Waals surface area contributed by atoms with Crippen molar-refractivity contribution in [1.29, 1.82) is 0 Å². The Kier molecular flexibility index (Phi) is 8.38. The molecule has 39 heavy (non-hydrogen) atoms. The second-order valence-corrected chi connectivity index (χ2v) is 12.2. The summed E-state index contributed by atoms with van der Waals surface area (Å²) in [5.41, 5.74) is 2.73. The van der Waals surface area contributed by atoms with E-state index in [1.54, 1.807) is 25.4 Å². The molecule has 13 heteroatoms. The van der Waals surface area contributed by atoms with Crippen LogP contribution in [0.3, 0.4) is 0 Å². The number of methoxy groups -OCH3 is 1. The van der Waals surface area contributed by atoms with Crippen LogP contribution in [0.4, 0.5) is 24.5 Å². The topological polar surface area (TPSA) is 101 Å². The fourth-order valence-corrected chi connectivity index (χ4v) is 6.42. The van der Waals surface area contributed by atoms with Crippen LogP contribution in [0, 0.1) is 5.92 Å². The van der Waals surface area contributed by atoms with E-state index in [1.807, 2.05) is 6.92 Å². The van der Waals surface area contributed by atoms with Crippen molar-refractivity contribution in [1.82, 2.24) is 14.9 Å². The first-order chi connectivity index (χ1) is 18.3. The Balaban J connectivity index is 1.60. The highest BCUT2D eigenvalue weighted by atomic mass is 35.5. The largest absolute Gasteiger partial charge is 0.413 e. The zero-order valence-corrected chi connectivity index (χ0v) is 23.1.